The number of aryl methyl sites for hydroxylation is 1. The zero-order valence-electron chi connectivity index (χ0n) is 12.1. The smallest absolute Gasteiger partial charge is 0.113 e. The molecule has 0 saturated carbocycles. The van der Waals surface area contributed by atoms with Crippen LogP contribution in [0, 0.1) is 6.92 Å². The van der Waals surface area contributed by atoms with Crippen molar-refractivity contribution in [2.75, 3.05) is 0 Å². The number of fused-ring (bicyclic) bond motifs is 1. The van der Waals surface area contributed by atoms with Crippen molar-refractivity contribution >= 4 is 22.6 Å². The van der Waals surface area contributed by atoms with Crippen LogP contribution in [-0.4, -0.2) is 20.1 Å². The van der Waals surface area contributed by atoms with E-state index in [2.05, 4.69) is 10.3 Å². The third kappa shape index (κ3) is 2.75. The molecule has 2 aromatic carbocycles. The third-order valence-electron chi connectivity index (χ3n) is 3.67. The van der Waals surface area contributed by atoms with Crippen molar-refractivity contribution in [1.82, 2.24) is 15.0 Å². The number of rotatable bonds is 4. The number of aliphatic hydroxyl groups is 1. The van der Waals surface area contributed by atoms with Gasteiger partial charge in [0.1, 0.15) is 17.7 Å². The molecule has 0 amide bonds. The molecule has 0 aliphatic heterocycles. The molecule has 112 valence electrons. The molecular weight excluding hydrogens is 298 g/mol. The summed E-state index contributed by atoms with van der Waals surface area (Å²) in [7, 11) is 0. The molecule has 0 bridgehead atoms. The SMILES string of the molecule is Cc1ccc(C(O)C(C=CCl)n2nnc3ccccc32)cc1. The van der Waals surface area contributed by atoms with E-state index in [4.69, 9.17) is 11.6 Å². The highest BCUT2D eigenvalue weighted by Gasteiger charge is 2.23. The second kappa shape index (κ2) is 6.30. The molecule has 0 fully saturated rings. The van der Waals surface area contributed by atoms with E-state index in [1.54, 1.807) is 10.8 Å². The summed E-state index contributed by atoms with van der Waals surface area (Å²) in [4.78, 5) is 0. The lowest BCUT2D eigenvalue weighted by Gasteiger charge is -2.21. The van der Waals surface area contributed by atoms with Crippen LogP contribution in [0.5, 0.6) is 0 Å². The molecule has 0 spiro atoms. The fourth-order valence-electron chi connectivity index (χ4n) is 2.46. The fourth-order valence-corrected chi connectivity index (χ4v) is 2.61. The van der Waals surface area contributed by atoms with E-state index < -0.39 is 12.1 Å². The van der Waals surface area contributed by atoms with Crippen LogP contribution in [0.15, 0.2) is 60.1 Å². The van der Waals surface area contributed by atoms with Crippen molar-refractivity contribution in [3.63, 3.8) is 0 Å². The maximum Gasteiger partial charge on any atom is 0.113 e. The minimum Gasteiger partial charge on any atom is -0.386 e. The number of hydrogen-bond acceptors (Lipinski definition) is 3. The molecule has 0 radical (unpaired) electrons. The van der Waals surface area contributed by atoms with Gasteiger partial charge in [-0.15, -0.1) is 5.10 Å². The molecule has 0 aliphatic carbocycles. The van der Waals surface area contributed by atoms with Crippen LogP contribution >= 0.6 is 11.6 Å². The van der Waals surface area contributed by atoms with Gasteiger partial charge >= 0.3 is 0 Å². The molecule has 5 heteroatoms. The molecule has 22 heavy (non-hydrogen) atoms. The van der Waals surface area contributed by atoms with Crippen molar-refractivity contribution in [2.24, 2.45) is 0 Å². The summed E-state index contributed by atoms with van der Waals surface area (Å²) in [6, 6.07) is 15.0. The first kappa shape index (κ1) is 14.8. The number of halogens is 1. The van der Waals surface area contributed by atoms with Gasteiger partial charge in [0.2, 0.25) is 0 Å². The Balaban J connectivity index is 2.04. The Kier molecular flexibility index (Phi) is 4.22. The molecule has 4 nitrogen and oxygen atoms in total. The van der Waals surface area contributed by atoms with Crippen LogP contribution in [0.2, 0.25) is 0 Å². The second-order valence-electron chi connectivity index (χ2n) is 5.19. The second-order valence-corrected chi connectivity index (χ2v) is 5.44. The molecule has 1 heterocycles. The summed E-state index contributed by atoms with van der Waals surface area (Å²) in [5.74, 6) is 0. The van der Waals surface area contributed by atoms with Crippen molar-refractivity contribution in [2.45, 2.75) is 19.1 Å². The number of para-hydroxylation sites is 1. The molecule has 1 aromatic heterocycles. The standard InChI is InChI=1S/C17H16ClN3O/c1-12-6-8-13(9-7-12)17(22)16(10-11-18)21-15-5-3-2-4-14(15)19-20-21/h2-11,16-17,22H,1H3. The molecule has 2 atom stereocenters. The van der Waals surface area contributed by atoms with E-state index >= 15 is 0 Å². The number of aromatic nitrogens is 3. The summed E-state index contributed by atoms with van der Waals surface area (Å²) in [5, 5.41) is 19.0. The molecular formula is C17H16ClN3O. The maximum absolute atomic E-state index is 10.7. The van der Waals surface area contributed by atoms with E-state index in [0.717, 1.165) is 22.2 Å². The van der Waals surface area contributed by atoms with Crippen molar-refractivity contribution in [1.29, 1.82) is 0 Å². The van der Waals surface area contributed by atoms with E-state index in [1.807, 2.05) is 55.5 Å². The Labute approximate surface area is 133 Å². The molecule has 3 rings (SSSR count). The van der Waals surface area contributed by atoms with Gasteiger partial charge < -0.3 is 5.11 Å². The average molecular weight is 314 g/mol. The molecule has 0 saturated heterocycles. The summed E-state index contributed by atoms with van der Waals surface area (Å²) < 4.78 is 1.69. The normalized spacial score (nSPS) is 14.5. The van der Waals surface area contributed by atoms with Crippen LogP contribution in [0.1, 0.15) is 23.3 Å². The lowest BCUT2D eigenvalue weighted by atomic mass is 10.0. The van der Waals surface area contributed by atoms with Gasteiger partial charge in [0, 0.05) is 5.54 Å². The topological polar surface area (TPSA) is 50.9 Å². The van der Waals surface area contributed by atoms with Gasteiger partial charge in [-0.2, -0.15) is 0 Å². The zero-order chi connectivity index (χ0) is 15.5. The minimum absolute atomic E-state index is 0.424. The highest BCUT2D eigenvalue weighted by molar-refractivity contribution is 6.25. The minimum atomic E-state index is -0.763. The summed E-state index contributed by atoms with van der Waals surface area (Å²) in [5.41, 5.74) is 5.00. The Morgan fingerprint density at radius 3 is 2.59 bits per heavy atom. The van der Waals surface area contributed by atoms with E-state index in [-0.39, 0.29) is 0 Å². The van der Waals surface area contributed by atoms with Gasteiger partial charge in [-0.05, 0) is 30.7 Å². The molecule has 1 N–H and O–H groups in total. The summed E-state index contributed by atoms with van der Waals surface area (Å²) >= 11 is 5.77. The average Bonchev–Trinajstić information content (AvgIpc) is 2.96. The van der Waals surface area contributed by atoms with Gasteiger partial charge in [-0.3, -0.25) is 0 Å². The first-order valence-electron chi connectivity index (χ1n) is 7.02. The van der Waals surface area contributed by atoms with Gasteiger partial charge in [-0.1, -0.05) is 58.8 Å². The predicted octanol–water partition coefficient (Wildman–Crippen LogP) is 3.77. The van der Waals surface area contributed by atoms with Crippen LogP contribution in [0.4, 0.5) is 0 Å². The Bertz CT molecular complexity index is 795. The lowest BCUT2D eigenvalue weighted by molar-refractivity contribution is 0.130. The zero-order valence-corrected chi connectivity index (χ0v) is 12.9. The number of nitrogens with zero attached hydrogens (tertiary/aromatic N) is 3. The predicted molar refractivity (Wildman–Crippen MR) is 87.7 cm³/mol. The van der Waals surface area contributed by atoms with Crippen LogP contribution in [0.25, 0.3) is 11.0 Å². The van der Waals surface area contributed by atoms with E-state index in [9.17, 15) is 5.11 Å². The monoisotopic (exact) mass is 313 g/mol. The van der Waals surface area contributed by atoms with Crippen LogP contribution < -0.4 is 0 Å². The van der Waals surface area contributed by atoms with Crippen molar-refractivity contribution < 1.29 is 5.11 Å². The van der Waals surface area contributed by atoms with Gasteiger partial charge in [0.05, 0.1) is 5.52 Å². The van der Waals surface area contributed by atoms with Crippen molar-refractivity contribution in [3.8, 4) is 0 Å². The van der Waals surface area contributed by atoms with Crippen LogP contribution in [-0.2, 0) is 0 Å². The van der Waals surface area contributed by atoms with Gasteiger partial charge in [0.15, 0.2) is 0 Å². The molecule has 2 unspecified atom stereocenters. The van der Waals surface area contributed by atoms with Crippen molar-refractivity contribution in [3.05, 3.63) is 71.3 Å². The quantitative estimate of drug-likeness (QED) is 0.797. The lowest BCUT2D eigenvalue weighted by Crippen LogP contribution is -2.17. The van der Waals surface area contributed by atoms with Gasteiger partial charge in [-0.25, -0.2) is 4.68 Å². The highest BCUT2D eigenvalue weighted by Crippen LogP contribution is 2.29. The molecule has 0 aliphatic rings. The maximum atomic E-state index is 10.7. The van der Waals surface area contributed by atoms with E-state index in [0.29, 0.717) is 0 Å². The Hall–Kier alpha value is -2.17. The number of aliphatic hydroxyl groups excluding tert-OH is 1. The largest absolute Gasteiger partial charge is 0.386 e. The first-order chi connectivity index (χ1) is 10.7. The third-order valence-corrected chi connectivity index (χ3v) is 3.82. The van der Waals surface area contributed by atoms with Crippen LogP contribution in [0.3, 0.4) is 0 Å². The fraction of sp³-hybridized carbons (Fsp3) is 0.176. The first-order valence-corrected chi connectivity index (χ1v) is 7.46. The summed E-state index contributed by atoms with van der Waals surface area (Å²) in [6.07, 6.45) is 0.952. The van der Waals surface area contributed by atoms with E-state index in [1.165, 1.54) is 5.54 Å². The van der Waals surface area contributed by atoms with Gasteiger partial charge in [0.25, 0.3) is 0 Å². The Morgan fingerprint density at radius 2 is 1.86 bits per heavy atom. The highest BCUT2D eigenvalue weighted by atomic mass is 35.5. The molecule has 3 aromatic rings. The number of hydrogen-bond donors (Lipinski definition) is 1. The number of benzene rings is 2. The Morgan fingerprint density at radius 1 is 1.14 bits per heavy atom. The summed E-state index contributed by atoms with van der Waals surface area (Å²) in [6.45, 7) is 2.01.